The van der Waals surface area contributed by atoms with E-state index in [1.807, 2.05) is 60.7 Å². The summed E-state index contributed by atoms with van der Waals surface area (Å²) in [5.74, 6) is 1.31. The van der Waals surface area contributed by atoms with Crippen molar-refractivity contribution in [2.75, 3.05) is 13.9 Å². The van der Waals surface area contributed by atoms with Gasteiger partial charge in [-0.2, -0.15) is 0 Å². The van der Waals surface area contributed by atoms with Crippen molar-refractivity contribution >= 4 is 38.2 Å². The highest BCUT2D eigenvalue weighted by atomic mass is 32.1. The van der Waals surface area contributed by atoms with Crippen LogP contribution >= 0.6 is 11.3 Å². The van der Waals surface area contributed by atoms with Crippen LogP contribution in [0.1, 0.15) is 20.9 Å². The zero-order valence-electron chi connectivity index (χ0n) is 19.3. The maximum atomic E-state index is 13.8. The molecule has 0 bridgehead atoms. The molecule has 1 N–H and O–H groups in total. The fraction of sp³-hybridized carbons (Fsp3) is 0.148. The Hall–Kier alpha value is -4.37. The Balaban J connectivity index is 1.41. The van der Waals surface area contributed by atoms with E-state index in [2.05, 4.69) is 10.3 Å². The van der Waals surface area contributed by atoms with Gasteiger partial charge in [-0.3, -0.25) is 14.6 Å². The van der Waals surface area contributed by atoms with Crippen molar-refractivity contribution in [2.24, 2.45) is 0 Å². The molecule has 4 heterocycles. The Morgan fingerprint density at radius 3 is 2.78 bits per heavy atom. The Morgan fingerprint density at radius 2 is 1.94 bits per heavy atom. The number of methoxy groups -OCH3 is 1. The average Bonchev–Trinajstić information content (AvgIpc) is 3.55. The van der Waals surface area contributed by atoms with Gasteiger partial charge in [0.15, 0.2) is 17.2 Å². The van der Waals surface area contributed by atoms with Gasteiger partial charge >= 0.3 is 0 Å². The number of rotatable bonds is 6. The molecule has 8 nitrogen and oxygen atoms in total. The van der Waals surface area contributed by atoms with E-state index in [9.17, 15) is 9.59 Å². The molecule has 6 rings (SSSR count). The Labute approximate surface area is 209 Å². The minimum Gasteiger partial charge on any atom is -0.494 e. The molecule has 0 radical (unpaired) electrons. The molecule has 1 amide bonds. The van der Waals surface area contributed by atoms with Gasteiger partial charge in [0.1, 0.15) is 10.3 Å². The minimum absolute atomic E-state index is 0.190. The quantitative estimate of drug-likeness (QED) is 0.374. The molecule has 0 unspecified atom stereocenters. The topological polar surface area (TPSA) is 91.7 Å². The normalized spacial score (nSPS) is 12.2. The molecule has 0 aliphatic carbocycles. The van der Waals surface area contributed by atoms with E-state index in [1.165, 1.54) is 18.4 Å². The molecule has 9 heteroatoms. The average molecular weight is 500 g/mol. The molecule has 180 valence electrons. The van der Waals surface area contributed by atoms with Crippen LogP contribution in [0.3, 0.4) is 0 Å². The van der Waals surface area contributed by atoms with Crippen molar-refractivity contribution in [1.82, 2.24) is 14.9 Å². The number of aromatic nitrogens is 2. The molecule has 2 aromatic carbocycles. The van der Waals surface area contributed by atoms with Gasteiger partial charge in [0.2, 0.25) is 6.79 Å². The predicted octanol–water partition coefficient (Wildman–Crippen LogP) is 4.33. The van der Waals surface area contributed by atoms with Crippen molar-refractivity contribution in [3.05, 3.63) is 93.3 Å². The molecule has 0 saturated heterocycles. The first-order valence-corrected chi connectivity index (χ1v) is 12.1. The van der Waals surface area contributed by atoms with Crippen LogP contribution in [-0.4, -0.2) is 29.4 Å². The Bertz CT molecular complexity index is 1680. The standard InChI is InChI=1S/C27H21N3O5S/c1-33-23-22-24(36-25(23)26(31)29-13-16-9-10-20-21(12-16)35-15-34-20)18-7-2-3-8-19(18)30(27(22)32)14-17-6-4-5-11-28-17/h2-12H,13-15H2,1H3,(H,29,31). The number of para-hydroxylation sites is 1. The van der Waals surface area contributed by atoms with E-state index in [4.69, 9.17) is 14.2 Å². The number of thiophene rings is 1. The number of nitrogens with zero attached hydrogens (tertiary/aromatic N) is 2. The molecule has 5 aromatic rings. The van der Waals surface area contributed by atoms with Crippen LogP contribution in [0.5, 0.6) is 17.2 Å². The van der Waals surface area contributed by atoms with Gasteiger partial charge in [0, 0.05) is 18.1 Å². The number of fused-ring (bicyclic) bond motifs is 4. The van der Waals surface area contributed by atoms with E-state index in [1.54, 1.807) is 10.8 Å². The lowest BCUT2D eigenvalue weighted by molar-refractivity contribution is 0.0952. The van der Waals surface area contributed by atoms with Crippen LogP contribution in [0.4, 0.5) is 0 Å². The van der Waals surface area contributed by atoms with Crippen molar-refractivity contribution in [3.63, 3.8) is 0 Å². The molecular weight excluding hydrogens is 478 g/mol. The first kappa shape index (κ1) is 22.1. The monoisotopic (exact) mass is 499 g/mol. The van der Waals surface area contributed by atoms with E-state index in [0.717, 1.165) is 26.9 Å². The van der Waals surface area contributed by atoms with Crippen LogP contribution < -0.4 is 25.1 Å². The Kier molecular flexibility index (Phi) is 5.54. The zero-order valence-corrected chi connectivity index (χ0v) is 20.1. The summed E-state index contributed by atoms with van der Waals surface area (Å²) < 4.78 is 18.8. The molecule has 1 aliphatic heterocycles. The minimum atomic E-state index is -0.314. The van der Waals surface area contributed by atoms with Gasteiger partial charge in [0.25, 0.3) is 11.5 Å². The van der Waals surface area contributed by atoms with Crippen LogP contribution in [-0.2, 0) is 13.1 Å². The largest absolute Gasteiger partial charge is 0.494 e. The molecule has 0 saturated carbocycles. The highest BCUT2D eigenvalue weighted by Gasteiger charge is 2.25. The third-order valence-electron chi connectivity index (χ3n) is 6.11. The summed E-state index contributed by atoms with van der Waals surface area (Å²) in [4.78, 5) is 31.8. The first-order chi connectivity index (χ1) is 17.6. The maximum Gasteiger partial charge on any atom is 0.265 e. The number of benzene rings is 2. The second kappa shape index (κ2) is 9.01. The number of hydrogen-bond acceptors (Lipinski definition) is 7. The maximum absolute atomic E-state index is 13.8. The smallest absolute Gasteiger partial charge is 0.265 e. The third kappa shape index (κ3) is 3.74. The molecule has 0 atom stereocenters. The summed E-state index contributed by atoms with van der Waals surface area (Å²) in [5, 5.41) is 4.21. The number of hydrogen-bond donors (Lipinski definition) is 1. The summed E-state index contributed by atoms with van der Waals surface area (Å²) in [5.41, 5.74) is 2.19. The lowest BCUT2D eigenvalue weighted by Gasteiger charge is -2.11. The van der Waals surface area contributed by atoms with Crippen molar-refractivity contribution in [2.45, 2.75) is 13.1 Å². The van der Waals surface area contributed by atoms with Gasteiger partial charge in [-0.1, -0.05) is 30.3 Å². The third-order valence-corrected chi connectivity index (χ3v) is 7.31. The molecule has 0 fully saturated rings. The predicted molar refractivity (Wildman–Crippen MR) is 137 cm³/mol. The van der Waals surface area contributed by atoms with Crippen molar-refractivity contribution < 1.29 is 19.0 Å². The number of carbonyl (C=O) groups is 1. The summed E-state index contributed by atoms with van der Waals surface area (Å²) >= 11 is 1.26. The molecular formula is C27H21N3O5S. The van der Waals surface area contributed by atoms with Crippen molar-refractivity contribution in [3.8, 4) is 17.2 Å². The summed E-state index contributed by atoms with van der Waals surface area (Å²) in [7, 11) is 1.48. The van der Waals surface area contributed by atoms with Gasteiger partial charge in [0.05, 0.1) is 29.6 Å². The molecule has 0 spiro atoms. The van der Waals surface area contributed by atoms with Gasteiger partial charge in [-0.05, 0) is 35.9 Å². The Morgan fingerprint density at radius 1 is 1.11 bits per heavy atom. The van der Waals surface area contributed by atoms with Crippen LogP contribution in [0, 0.1) is 0 Å². The van der Waals surface area contributed by atoms with E-state index >= 15 is 0 Å². The van der Waals surface area contributed by atoms with Gasteiger partial charge in [-0.15, -0.1) is 11.3 Å². The lowest BCUT2D eigenvalue weighted by atomic mass is 10.1. The highest BCUT2D eigenvalue weighted by molar-refractivity contribution is 7.22. The fourth-order valence-corrected chi connectivity index (χ4v) is 5.63. The van der Waals surface area contributed by atoms with Crippen LogP contribution in [0.2, 0.25) is 0 Å². The van der Waals surface area contributed by atoms with E-state index < -0.39 is 0 Å². The number of amides is 1. The fourth-order valence-electron chi connectivity index (χ4n) is 4.41. The molecule has 36 heavy (non-hydrogen) atoms. The van der Waals surface area contributed by atoms with E-state index in [-0.39, 0.29) is 30.6 Å². The van der Waals surface area contributed by atoms with Crippen LogP contribution in [0.15, 0.2) is 71.7 Å². The molecule has 1 aliphatic rings. The number of nitrogens with one attached hydrogen (secondary N) is 1. The SMILES string of the molecule is COc1c(C(=O)NCc2ccc3c(c2)OCO3)sc2c1c(=O)n(Cc1ccccn1)c1ccccc21. The summed E-state index contributed by atoms with van der Waals surface area (Å²) in [6.45, 7) is 0.786. The highest BCUT2D eigenvalue weighted by Crippen LogP contribution is 2.39. The van der Waals surface area contributed by atoms with E-state index in [0.29, 0.717) is 28.3 Å². The van der Waals surface area contributed by atoms with Gasteiger partial charge in [-0.25, -0.2) is 0 Å². The first-order valence-electron chi connectivity index (χ1n) is 11.3. The number of carbonyl (C=O) groups excluding carboxylic acids is 1. The summed E-state index contributed by atoms with van der Waals surface area (Å²) in [6.07, 6.45) is 1.70. The van der Waals surface area contributed by atoms with Crippen LogP contribution in [0.25, 0.3) is 21.0 Å². The zero-order chi connectivity index (χ0) is 24.6. The number of ether oxygens (including phenoxy) is 3. The number of pyridine rings is 2. The summed E-state index contributed by atoms with van der Waals surface area (Å²) in [6, 6.07) is 18.8. The second-order valence-electron chi connectivity index (χ2n) is 8.27. The second-order valence-corrected chi connectivity index (χ2v) is 9.29. The lowest BCUT2D eigenvalue weighted by Crippen LogP contribution is -2.23. The van der Waals surface area contributed by atoms with Gasteiger partial charge < -0.3 is 24.1 Å². The van der Waals surface area contributed by atoms with Crippen molar-refractivity contribution in [1.29, 1.82) is 0 Å². The molecule has 3 aromatic heterocycles.